The van der Waals surface area contributed by atoms with E-state index in [0.717, 1.165) is 0 Å². The van der Waals surface area contributed by atoms with E-state index in [4.69, 9.17) is 0 Å². The third-order valence-corrected chi connectivity index (χ3v) is 4.74. The first kappa shape index (κ1) is 9.76. The van der Waals surface area contributed by atoms with Crippen molar-refractivity contribution in [2.75, 3.05) is 13.1 Å². The molecule has 4 N–H and O–H groups in total. The van der Waals surface area contributed by atoms with Gasteiger partial charge in [0, 0.05) is 13.1 Å². The SMILES string of the molecule is OC1CN1C1(C2(N3CC3O)CC2O)CC1O. The number of β-amino-alcohol motifs (C(OH)–C–C–N with tert-alkyl or cyclic N) is 2. The Kier molecular flexibility index (Phi) is 1.50. The summed E-state index contributed by atoms with van der Waals surface area (Å²) in [6.07, 6.45) is -0.781. The van der Waals surface area contributed by atoms with E-state index < -0.39 is 35.7 Å². The normalized spacial score (nSPS) is 71.2. The lowest BCUT2D eigenvalue weighted by molar-refractivity contribution is 0.0362. The topological polar surface area (TPSA) is 86.9 Å². The molecule has 2 aliphatic heterocycles. The van der Waals surface area contributed by atoms with Gasteiger partial charge in [-0.25, -0.2) is 0 Å². The molecule has 90 valence electrons. The molecule has 0 radical (unpaired) electrons. The van der Waals surface area contributed by atoms with Gasteiger partial charge < -0.3 is 20.4 Å². The second-order valence-corrected chi connectivity index (χ2v) is 5.55. The second kappa shape index (κ2) is 2.45. The van der Waals surface area contributed by atoms with Crippen LogP contribution in [0.15, 0.2) is 0 Å². The maximum absolute atomic E-state index is 9.89. The summed E-state index contributed by atoms with van der Waals surface area (Å²) in [5.41, 5.74) is -1.02. The number of aliphatic hydroxyl groups is 4. The molecule has 8 atom stereocenters. The number of hydrogen-bond acceptors (Lipinski definition) is 6. The molecule has 0 spiro atoms. The Balaban J connectivity index is 1.68. The van der Waals surface area contributed by atoms with Gasteiger partial charge >= 0.3 is 0 Å². The van der Waals surface area contributed by atoms with Gasteiger partial charge in [0.2, 0.25) is 0 Å². The molecule has 0 aromatic carbocycles. The first-order valence-electron chi connectivity index (χ1n) is 5.80. The Hall–Kier alpha value is -0.240. The molecular weight excluding hydrogens is 212 g/mol. The van der Waals surface area contributed by atoms with Crippen LogP contribution in [-0.2, 0) is 0 Å². The molecule has 16 heavy (non-hydrogen) atoms. The molecule has 2 saturated carbocycles. The number of aliphatic hydroxyl groups excluding tert-OH is 4. The van der Waals surface area contributed by atoms with Gasteiger partial charge in [-0.15, -0.1) is 0 Å². The lowest BCUT2D eigenvalue weighted by Gasteiger charge is -2.30. The zero-order valence-corrected chi connectivity index (χ0v) is 8.82. The highest BCUT2D eigenvalue weighted by Gasteiger charge is 2.85. The summed E-state index contributed by atoms with van der Waals surface area (Å²) in [5.74, 6) is 0. The van der Waals surface area contributed by atoms with Crippen LogP contribution in [0.1, 0.15) is 12.8 Å². The van der Waals surface area contributed by atoms with Crippen molar-refractivity contribution in [3.63, 3.8) is 0 Å². The standard InChI is InChI=1S/C10H16N2O4/c13-5-1-9(5,11-3-7(11)15)10(2-6(10)14)12-4-8(12)16/h5-8,13-16H,1-4H2. The summed E-state index contributed by atoms with van der Waals surface area (Å²) in [4.78, 5) is 3.69. The van der Waals surface area contributed by atoms with Crippen molar-refractivity contribution in [3.8, 4) is 0 Å². The van der Waals surface area contributed by atoms with Crippen molar-refractivity contribution in [1.29, 1.82) is 0 Å². The molecule has 4 rings (SSSR count). The largest absolute Gasteiger partial charge is 0.391 e. The summed E-state index contributed by atoms with van der Waals surface area (Å²) in [6.45, 7) is 1.13. The number of nitrogens with zero attached hydrogens (tertiary/aromatic N) is 2. The van der Waals surface area contributed by atoms with Crippen LogP contribution in [0.25, 0.3) is 0 Å². The minimum Gasteiger partial charge on any atom is -0.391 e. The van der Waals surface area contributed by atoms with Crippen LogP contribution in [0.2, 0.25) is 0 Å². The van der Waals surface area contributed by atoms with Crippen LogP contribution >= 0.6 is 0 Å². The summed E-state index contributed by atoms with van der Waals surface area (Å²) in [7, 11) is 0. The molecule has 0 bridgehead atoms. The highest BCUT2D eigenvalue weighted by molar-refractivity contribution is 5.40. The summed E-state index contributed by atoms with van der Waals surface area (Å²) >= 11 is 0. The van der Waals surface area contributed by atoms with Crippen LogP contribution in [-0.4, -0.2) is 79.1 Å². The molecule has 0 amide bonds. The van der Waals surface area contributed by atoms with Gasteiger partial charge in [0.05, 0.1) is 23.3 Å². The summed E-state index contributed by atoms with van der Waals surface area (Å²) < 4.78 is 0. The fraction of sp³-hybridized carbons (Fsp3) is 1.00. The molecular formula is C10H16N2O4. The molecule has 6 nitrogen and oxygen atoms in total. The van der Waals surface area contributed by atoms with Crippen LogP contribution in [0.4, 0.5) is 0 Å². The summed E-state index contributed by atoms with van der Waals surface area (Å²) in [6, 6.07) is 0. The van der Waals surface area contributed by atoms with E-state index in [2.05, 4.69) is 0 Å². The molecule has 0 aromatic rings. The first-order valence-corrected chi connectivity index (χ1v) is 5.80. The maximum atomic E-state index is 9.89. The third kappa shape index (κ3) is 0.870. The molecule has 8 unspecified atom stereocenters. The average Bonchev–Trinajstić information content (AvgIpc) is 2.91. The zero-order chi connectivity index (χ0) is 11.3. The van der Waals surface area contributed by atoms with Crippen LogP contribution in [0.3, 0.4) is 0 Å². The Morgan fingerprint density at radius 3 is 1.12 bits per heavy atom. The smallest absolute Gasteiger partial charge is 0.121 e. The van der Waals surface area contributed by atoms with Crippen molar-refractivity contribution in [1.82, 2.24) is 9.80 Å². The molecule has 6 heteroatoms. The van der Waals surface area contributed by atoms with Gasteiger partial charge in [0.25, 0.3) is 0 Å². The monoisotopic (exact) mass is 228 g/mol. The second-order valence-electron chi connectivity index (χ2n) is 5.55. The van der Waals surface area contributed by atoms with E-state index in [0.29, 0.717) is 25.9 Å². The van der Waals surface area contributed by atoms with Gasteiger partial charge in [0.15, 0.2) is 0 Å². The molecule has 4 fully saturated rings. The summed E-state index contributed by atoms with van der Waals surface area (Å²) in [5, 5.41) is 38.8. The molecule has 2 saturated heterocycles. The van der Waals surface area contributed by atoms with Crippen molar-refractivity contribution in [2.45, 2.75) is 48.6 Å². The average molecular weight is 228 g/mol. The van der Waals surface area contributed by atoms with E-state index >= 15 is 0 Å². The van der Waals surface area contributed by atoms with Crippen molar-refractivity contribution in [2.24, 2.45) is 0 Å². The Morgan fingerprint density at radius 2 is 1.00 bits per heavy atom. The Morgan fingerprint density at radius 1 is 0.750 bits per heavy atom. The Bertz CT molecular complexity index is 333. The Labute approximate surface area is 92.7 Å². The maximum Gasteiger partial charge on any atom is 0.121 e. The van der Waals surface area contributed by atoms with E-state index in [1.165, 1.54) is 0 Å². The minimum absolute atomic E-state index is 0.487. The van der Waals surface area contributed by atoms with E-state index in [1.54, 1.807) is 0 Å². The minimum atomic E-state index is -0.511. The number of rotatable bonds is 3. The van der Waals surface area contributed by atoms with Gasteiger partial charge in [-0.1, -0.05) is 0 Å². The van der Waals surface area contributed by atoms with Crippen molar-refractivity contribution < 1.29 is 20.4 Å². The van der Waals surface area contributed by atoms with Crippen LogP contribution in [0.5, 0.6) is 0 Å². The highest BCUT2D eigenvalue weighted by atomic mass is 16.3. The predicted molar refractivity (Wildman–Crippen MR) is 52.1 cm³/mol. The fourth-order valence-electron chi connectivity index (χ4n) is 3.63. The van der Waals surface area contributed by atoms with Gasteiger partial charge in [-0.2, -0.15) is 0 Å². The lowest BCUT2D eigenvalue weighted by Crippen LogP contribution is -2.50. The van der Waals surface area contributed by atoms with E-state index in [-0.39, 0.29) is 0 Å². The van der Waals surface area contributed by atoms with E-state index in [9.17, 15) is 20.4 Å². The molecule has 2 aliphatic carbocycles. The van der Waals surface area contributed by atoms with Gasteiger partial charge in [-0.3, -0.25) is 9.80 Å². The van der Waals surface area contributed by atoms with Gasteiger partial charge in [-0.05, 0) is 12.8 Å². The van der Waals surface area contributed by atoms with Crippen molar-refractivity contribution >= 4 is 0 Å². The van der Waals surface area contributed by atoms with Crippen LogP contribution in [0, 0.1) is 0 Å². The highest BCUT2D eigenvalue weighted by Crippen LogP contribution is 2.67. The molecule has 4 aliphatic rings. The third-order valence-electron chi connectivity index (χ3n) is 4.74. The number of hydrogen-bond donors (Lipinski definition) is 4. The fourth-order valence-corrected chi connectivity index (χ4v) is 3.63. The van der Waals surface area contributed by atoms with Crippen LogP contribution < -0.4 is 0 Å². The van der Waals surface area contributed by atoms with E-state index in [1.807, 2.05) is 9.80 Å². The molecule has 2 heterocycles. The zero-order valence-electron chi connectivity index (χ0n) is 8.82. The lowest BCUT2D eigenvalue weighted by atomic mass is 10.0. The quantitative estimate of drug-likeness (QED) is 0.392. The van der Waals surface area contributed by atoms with Gasteiger partial charge in [0.1, 0.15) is 12.5 Å². The first-order chi connectivity index (χ1) is 7.54. The molecule has 0 aromatic heterocycles. The predicted octanol–water partition coefficient (Wildman–Crippen LogP) is -2.74. The van der Waals surface area contributed by atoms with Crippen molar-refractivity contribution in [3.05, 3.63) is 0 Å².